The van der Waals surface area contributed by atoms with Crippen LogP contribution in [0, 0.1) is 0 Å². The number of nitrogens with zero attached hydrogens (tertiary/aromatic N) is 2. The van der Waals surface area contributed by atoms with Crippen LogP contribution in [-0.4, -0.2) is 36.2 Å². The Morgan fingerprint density at radius 1 is 1.69 bits per heavy atom. The molecule has 2 heterocycles. The molecule has 1 aliphatic heterocycles. The highest BCUT2D eigenvalue weighted by Crippen LogP contribution is 2.22. The topological polar surface area (TPSA) is 36.3 Å². The Labute approximate surface area is 85.0 Å². The van der Waals surface area contributed by atoms with Gasteiger partial charge in [0.25, 0.3) is 0 Å². The van der Waals surface area contributed by atoms with Crippen LogP contribution in [0.1, 0.15) is 6.04 Å². The maximum Gasteiger partial charge on any atom is 0.105 e. The Hall–Kier alpha value is -0.390. The summed E-state index contributed by atoms with van der Waals surface area (Å²) in [7, 11) is 1.70. The minimum atomic E-state index is 0.117. The van der Waals surface area contributed by atoms with E-state index in [0.29, 0.717) is 13.2 Å². The van der Waals surface area contributed by atoms with Crippen molar-refractivity contribution in [1.29, 1.82) is 0 Å². The molecule has 2 rings (SSSR count). The standard InChI is InChI=1S/C8H11BrN2O2/c1-12-8-5-13-4-7(8)11-3-6(9)2-10-11/h2-3,7-8H,4-5H2,1H3. The summed E-state index contributed by atoms with van der Waals surface area (Å²) in [5.41, 5.74) is 0. The van der Waals surface area contributed by atoms with Gasteiger partial charge in [0.05, 0.1) is 23.9 Å². The maximum atomic E-state index is 5.32. The van der Waals surface area contributed by atoms with Crippen LogP contribution in [0.15, 0.2) is 16.9 Å². The van der Waals surface area contributed by atoms with Crippen molar-refractivity contribution in [2.24, 2.45) is 0 Å². The van der Waals surface area contributed by atoms with Crippen LogP contribution < -0.4 is 0 Å². The molecule has 1 saturated heterocycles. The van der Waals surface area contributed by atoms with Crippen molar-refractivity contribution < 1.29 is 9.47 Å². The highest BCUT2D eigenvalue weighted by Gasteiger charge is 2.30. The molecule has 13 heavy (non-hydrogen) atoms. The fourth-order valence-electron chi connectivity index (χ4n) is 1.49. The molecule has 1 aliphatic rings. The van der Waals surface area contributed by atoms with E-state index < -0.39 is 0 Å². The molecule has 1 aromatic rings. The van der Waals surface area contributed by atoms with Gasteiger partial charge in [-0.25, -0.2) is 0 Å². The average Bonchev–Trinajstić information content (AvgIpc) is 2.71. The second-order valence-electron chi connectivity index (χ2n) is 3.02. The van der Waals surface area contributed by atoms with Crippen LogP contribution in [0.3, 0.4) is 0 Å². The van der Waals surface area contributed by atoms with Crippen molar-refractivity contribution >= 4 is 15.9 Å². The second-order valence-corrected chi connectivity index (χ2v) is 3.93. The lowest BCUT2D eigenvalue weighted by Crippen LogP contribution is -2.24. The third-order valence-electron chi connectivity index (χ3n) is 2.21. The van der Waals surface area contributed by atoms with Crippen molar-refractivity contribution in [2.75, 3.05) is 20.3 Å². The molecular formula is C8H11BrN2O2. The molecule has 5 heteroatoms. The number of rotatable bonds is 2. The number of ether oxygens (including phenoxy) is 2. The van der Waals surface area contributed by atoms with E-state index in [1.54, 1.807) is 13.3 Å². The van der Waals surface area contributed by atoms with E-state index in [2.05, 4.69) is 21.0 Å². The quantitative estimate of drug-likeness (QED) is 0.788. The van der Waals surface area contributed by atoms with Crippen LogP contribution >= 0.6 is 15.9 Å². The molecule has 0 saturated carbocycles. The van der Waals surface area contributed by atoms with Crippen molar-refractivity contribution in [3.63, 3.8) is 0 Å². The molecule has 0 N–H and O–H groups in total. The van der Waals surface area contributed by atoms with E-state index in [-0.39, 0.29) is 12.1 Å². The fraction of sp³-hybridized carbons (Fsp3) is 0.625. The first-order valence-corrected chi connectivity index (χ1v) is 4.91. The molecule has 2 unspecified atom stereocenters. The lowest BCUT2D eigenvalue weighted by atomic mass is 10.2. The summed E-state index contributed by atoms with van der Waals surface area (Å²) in [6.45, 7) is 1.32. The smallest absolute Gasteiger partial charge is 0.105 e. The number of hydrogen-bond donors (Lipinski definition) is 0. The van der Waals surface area contributed by atoms with E-state index >= 15 is 0 Å². The first-order chi connectivity index (χ1) is 6.31. The highest BCUT2D eigenvalue weighted by molar-refractivity contribution is 9.10. The Balaban J connectivity index is 2.15. The van der Waals surface area contributed by atoms with E-state index in [1.165, 1.54) is 0 Å². The molecule has 0 spiro atoms. The molecule has 72 valence electrons. The fourth-order valence-corrected chi connectivity index (χ4v) is 1.79. The van der Waals surface area contributed by atoms with Gasteiger partial charge < -0.3 is 9.47 Å². The van der Waals surface area contributed by atoms with Crippen molar-refractivity contribution in [1.82, 2.24) is 9.78 Å². The van der Waals surface area contributed by atoms with Gasteiger partial charge in [-0.15, -0.1) is 0 Å². The molecule has 0 bridgehead atoms. The normalized spacial score (nSPS) is 28.2. The van der Waals surface area contributed by atoms with Crippen molar-refractivity contribution in [3.05, 3.63) is 16.9 Å². The van der Waals surface area contributed by atoms with Gasteiger partial charge in [0.2, 0.25) is 0 Å². The van der Waals surface area contributed by atoms with Crippen LogP contribution in [0.4, 0.5) is 0 Å². The highest BCUT2D eigenvalue weighted by atomic mass is 79.9. The number of aromatic nitrogens is 2. The molecule has 0 aliphatic carbocycles. The molecule has 1 aromatic heterocycles. The zero-order valence-corrected chi connectivity index (χ0v) is 8.90. The predicted octanol–water partition coefficient (Wildman–Crippen LogP) is 1.23. The Morgan fingerprint density at radius 3 is 3.15 bits per heavy atom. The van der Waals surface area contributed by atoms with Gasteiger partial charge >= 0.3 is 0 Å². The SMILES string of the molecule is COC1COCC1n1cc(Br)cn1. The Bertz CT molecular complexity index is 289. The summed E-state index contributed by atoms with van der Waals surface area (Å²) in [5.74, 6) is 0. The zero-order chi connectivity index (χ0) is 9.26. The Morgan fingerprint density at radius 2 is 2.54 bits per heavy atom. The summed E-state index contributed by atoms with van der Waals surface area (Å²) in [6, 6.07) is 0.205. The van der Waals surface area contributed by atoms with Crippen LogP contribution in [-0.2, 0) is 9.47 Å². The summed E-state index contributed by atoms with van der Waals surface area (Å²) >= 11 is 3.36. The molecule has 1 fully saturated rings. The van der Waals surface area contributed by atoms with Gasteiger partial charge in [-0.1, -0.05) is 0 Å². The third kappa shape index (κ3) is 1.77. The van der Waals surface area contributed by atoms with Crippen LogP contribution in [0.25, 0.3) is 0 Å². The van der Waals surface area contributed by atoms with Crippen molar-refractivity contribution in [3.8, 4) is 0 Å². The van der Waals surface area contributed by atoms with E-state index in [9.17, 15) is 0 Å². The number of halogens is 1. The van der Waals surface area contributed by atoms with E-state index in [1.807, 2.05) is 10.9 Å². The van der Waals surface area contributed by atoms with Gasteiger partial charge in [0.15, 0.2) is 0 Å². The second kappa shape index (κ2) is 3.77. The van der Waals surface area contributed by atoms with E-state index in [4.69, 9.17) is 9.47 Å². The van der Waals surface area contributed by atoms with Gasteiger partial charge in [0, 0.05) is 13.3 Å². The average molecular weight is 247 g/mol. The molecular weight excluding hydrogens is 236 g/mol. The zero-order valence-electron chi connectivity index (χ0n) is 7.31. The Kier molecular flexibility index (Phi) is 2.66. The monoisotopic (exact) mass is 246 g/mol. The van der Waals surface area contributed by atoms with Crippen LogP contribution in [0.5, 0.6) is 0 Å². The number of hydrogen-bond acceptors (Lipinski definition) is 3. The van der Waals surface area contributed by atoms with Gasteiger partial charge in [0.1, 0.15) is 12.1 Å². The summed E-state index contributed by atoms with van der Waals surface area (Å²) in [5, 5.41) is 4.21. The lowest BCUT2D eigenvalue weighted by Gasteiger charge is -2.15. The predicted molar refractivity (Wildman–Crippen MR) is 50.6 cm³/mol. The van der Waals surface area contributed by atoms with Gasteiger partial charge in [-0.05, 0) is 15.9 Å². The van der Waals surface area contributed by atoms with Gasteiger partial charge in [-0.3, -0.25) is 4.68 Å². The third-order valence-corrected chi connectivity index (χ3v) is 2.62. The molecule has 2 atom stereocenters. The minimum Gasteiger partial charge on any atom is -0.377 e. The van der Waals surface area contributed by atoms with Crippen molar-refractivity contribution in [2.45, 2.75) is 12.1 Å². The largest absolute Gasteiger partial charge is 0.377 e. The van der Waals surface area contributed by atoms with Gasteiger partial charge in [-0.2, -0.15) is 5.10 Å². The summed E-state index contributed by atoms with van der Waals surface area (Å²) < 4.78 is 13.5. The lowest BCUT2D eigenvalue weighted by molar-refractivity contribution is 0.0665. The maximum absolute atomic E-state index is 5.32. The number of methoxy groups -OCH3 is 1. The minimum absolute atomic E-state index is 0.117. The van der Waals surface area contributed by atoms with E-state index in [0.717, 1.165) is 4.47 Å². The first kappa shape index (κ1) is 9.18. The van der Waals surface area contributed by atoms with Crippen LogP contribution in [0.2, 0.25) is 0 Å². The first-order valence-electron chi connectivity index (χ1n) is 4.11. The molecule has 4 nitrogen and oxygen atoms in total. The molecule has 0 radical (unpaired) electrons. The summed E-state index contributed by atoms with van der Waals surface area (Å²) in [4.78, 5) is 0. The summed E-state index contributed by atoms with van der Waals surface area (Å²) in [6.07, 6.45) is 3.82. The molecule has 0 aromatic carbocycles. The molecule has 0 amide bonds.